The van der Waals surface area contributed by atoms with Crippen LogP contribution in [0.4, 0.5) is 18.9 Å². The van der Waals surface area contributed by atoms with E-state index in [1.165, 1.54) is 9.30 Å². The lowest BCUT2D eigenvalue weighted by Gasteiger charge is -2.26. The van der Waals surface area contributed by atoms with E-state index in [2.05, 4.69) is 4.98 Å². The molecular formula is C18H14ClF3N4O2. The number of hydrogen-bond acceptors (Lipinski definition) is 4. The number of carbonyl (C=O) groups is 1. The molecule has 146 valence electrons. The lowest BCUT2D eigenvalue weighted by atomic mass is 10.1. The molecule has 10 heteroatoms. The van der Waals surface area contributed by atoms with Crippen molar-refractivity contribution in [3.05, 3.63) is 46.7 Å². The molecule has 1 aliphatic heterocycles. The minimum absolute atomic E-state index is 0.0545. The number of pyridine rings is 1. The van der Waals surface area contributed by atoms with E-state index in [4.69, 9.17) is 22.1 Å². The Labute approximate surface area is 162 Å². The Morgan fingerprint density at radius 3 is 2.75 bits per heavy atom. The van der Waals surface area contributed by atoms with Gasteiger partial charge in [-0.1, -0.05) is 11.6 Å². The van der Waals surface area contributed by atoms with Gasteiger partial charge in [0.05, 0.1) is 27.7 Å². The van der Waals surface area contributed by atoms with Gasteiger partial charge in [-0.05, 0) is 24.3 Å². The van der Waals surface area contributed by atoms with Crippen molar-refractivity contribution in [1.29, 1.82) is 0 Å². The Balaban J connectivity index is 1.93. The molecule has 6 nitrogen and oxygen atoms in total. The highest BCUT2D eigenvalue weighted by Crippen LogP contribution is 2.38. The predicted molar refractivity (Wildman–Crippen MR) is 97.4 cm³/mol. The molecule has 0 radical (unpaired) electrons. The Kier molecular flexibility index (Phi) is 4.24. The van der Waals surface area contributed by atoms with Gasteiger partial charge in [0.2, 0.25) is 0 Å². The van der Waals surface area contributed by atoms with E-state index in [9.17, 15) is 18.0 Å². The van der Waals surface area contributed by atoms with Crippen molar-refractivity contribution < 1.29 is 22.7 Å². The fourth-order valence-electron chi connectivity index (χ4n) is 3.15. The third-order valence-electron chi connectivity index (χ3n) is 4.61. The van der Waals surface area contributed by atoms with Gasteiger partial charge in [0, 0.05) is 25.4 Å². The van der Waals surface area contributed by atoms with E-state index < -0.39 is 11.7 Å². The number of benzene rings is 1. The second-order valence-electron chi connectivity index (χ2n) is 6.30. The number of ether oxygens (including phenoxy) is 1. The van der Waals surface area contributed by atoms with Crippen molar-refractivity contribution in [2.45, 2.75) is 12.7 Å². The zero-order valence-electron chi connectivity index (χ0n) is 14.5. The lowest BCUT2D eigenvalue weighted by Crippen LogP contribution is -2.35. The first kappa shape index (κ1) is 18.6. The Hall–Kier alpha value is -2.78. The third-order valence-corrected chi connectivity index (χ3v) is 4.89. The van der Waals surface area contributed by atoms with Gasteiger partial charge < -0.3 is 19.8 Å². The van der Waals surface area contributed by atoms with E-state index in [1.54, 1.807) is 25.2 Å². The summed E-state index contributed by atoms with van der Waals surface area (Å²) in [6.45, 7) is -0.114. The van der Waals surface area contributed by atoms with Crippen LogP contribution >= 0.6 is 11.6 Å². The number of nitrogens with zero attached hydrogens (tertiary/aromatic N) is 3. The van der Waals surface area contributed by atoms with Crippen LogP contribution in [-0.2, 0) is 17.5 Å². The number of nitrogens with two attached hydrogens (primary N) is 1. The Morgan fingerprint density at radius 1 is 1.32 bits per heavy atom. The van der Waals surface area contributed by atoms with Crippen LogP contribution in [0.2, 0.25) is 5.02 Å². The van der Waals surface area contributed by atoms with Crippen LogP contribution in [0.1, 0.15) is 11.3 Å². The molecule has 2 aromatic heterocycles. The van der Waals surface area contributed by atoms with Gasteiger partial charge in [0.25, 0.3) is 5.91 Å². The molecule has 0 saturated heterocycles. The van der Waals surface area contributed by atoms with E-state index in [0.29, 0.717) is 28.4 Å². The second kappa shape index (κ2) is 6.39. The van der Waals surface area contributed by atoms with Crippen LogP contribution in [0.25, 0.3) is 16.9 Å². The number of alkyl halides is 3. The fourth-order valence-corrected chi connectivity index (χ4v) is 3.40. The van der Waals surface area contributed by atoms with E-state index >= 15 is 0 Å². The summed E-state index contributed by atoms with van der Waals surface area (Å²) in [7, 11) is 1.62. The van der Waals surface area contributed by atoms with Crippen LogP contribution in [0.15, 0.2) is 30.5 Å². The number of anilines is 1. The van der Waals surface area contributed by atoms with Crippen molar-refractivity contribution in [1.82, 2.24) is 9.38 Å². The molecule has 1 aromatic carbocycles. The van der Waals surface area contributed by atoms with E-state index in [-0.39, 0.29) is 29.7 Å². The zero-order valence-corrected chi connectivity index (χ0v) is 15.3. The summed E-state index contributed by atoms with van der Waals surface area (Å²) in [5.74, 6) is 0.317. The molecular weight excluding hydrogens is 397 g/mol. The summed E-state index contributed by atoms with van der Waals surface area (Å²) >= 11 is 6.06. The standard InChI is InChI=1S/C18H14ClF3N4O2/c1-25-12-4-9(2-3-14(12)28-8-15(25)27)16-13(6-23)26-7-10(18(20,21)22)5-11(19)17(26)24-16/h2-5,7H,6,8,23H2,1H3. The molecule has 0 atom stereocenters. The summed E-state index contributed by atoms with van der Waals surface area (Å²) < 4.78 is 46.1. The molecule has 1 amide bonds. The zero-order chi connectivity index (χ0) is 20.2. The van der Waals surface area contributed by atoms with Gasteiger partial charge >= 0.3 is 6.18 Å². The smallest absolute Gasteiger partial charge is 0.417 e. The van der Waals surface area contributed by atoms with Gasteiger partial charge in [-0.25, -0.2) is 4.98 Å². The first-order valence-electron chi connectivity index (χ1n) is 8.22. The highest BCUT2D eigenvalue weighted by molar-refractivity contribution is 6.33. The number of carbonyl (C=O) groups excluding carboxylic acids is 1. The minimum Gasteiger partial charge on any atom is -0.482 e. The van der Waals surface area contributed by atoms with Crippen molar-refractivity contribution >= 4 is 28.8 Å². The first-order chi connectivity index (χ1) is 13.2. The minimum atomic E-state index is -4.56. The fraction of sp³-hybridized carbons (Fsp3) is 0.222. The summed E-state index contributed by atoms with van der Waals surface area (Å²) in [6.07, 6.45) is -3.63. The van der Waals surface area contributed by atoms with Crippen molar-refractivity contribution in [2.24, 2.45) is 5.73 Å². The molecule has 0 fully saturated rings. The van der Waals surface area contributed by atoms with Gasteiger partial charge in [0.15, 0.2) is 12.3 Å². The molecule has 0 spiro atoms. The highest BCUT2D eigenvalue weighted by Gasteiger charge is 2.32. The number of aromatic nitrogens is 2. The number of hydrogen-bond donors (Lipinski definition) is 1. The predicted octanol–water partition coefficient (Wildman–Crippen LogP) is 3.49. The average molecular weight is 411 g/mol. The van der Waals surface area contributed by atoms with Crippen LogP contribution in [0.5, 0.6) is 5.75 Å². The Bertz CT molecular complexity index is 1110. The number of likely N-dealkylation sites (N-methyl/N-ethyl adjacent to an activating group) is 1. The largest absolute Gasteiger partial charge is 0.482 e. The van der Waals surface area contributed by atoms with Crippen molar-refractivity contribution in [3.8, 4) is 17.0 Å². The van der Waals surface area contributed by atoms with Gasteiger partial charge in [-0.15, -0.1) is 0 Å². The molecule has 1 aliphatic rings. The van der Waals surface area contributed by atoms with Crippen LogP contribution in [-0.4, -0.2) is 28.9 Å². The van der Waals surface area contributed by atoms with E-state index in [0.717, 1.165) is 12.3 Å². The molecule has 0 bridgehead atoms. The molecule has 0 saturated carbocycles. The normalized spacial score (nSPS) is 14.4. The summed E-state index contributed by atoms with van der Waals surface area (Å²) in [5, 5.41) is -0.135. The van der Waals surface area contributed by atoms with Gasteiger partial charge in [0.1, 0.15) is 5.75 Å². The Morgan fingerprint density at radius 2 is 2.07 bits per heavy atom. The molecule has 4 rings (SSSR count). The van der Waals surface area contributed by atoms with Crippen molar-refractivity contribution in [2.75, 3.05) is 18.6 Å². The number of amides is 1. The molecule has 3 aromatic rings. The SMILES string of the molecule is CN1C(=O)COc2ccc(-c3nc4c(Cl)cc(C(F)(F)F)cn4c3CN)cc21. The van der Waals surface area contributed by atoms with Crippen molar-refractivity contribution in [3.63, 3.8) is 0 Å². The molecule has 3 heterocycles. The lowest BCUT2D eigenvalue weighted by molar-refractivity contribution is -0.137. The molecule has 0 aliphatic carbocycles. The second-order valence-corrected chi connectivity index (χ2v) is 6.71. The maximum absolute atomic E-state index is 13.2. The van der Waals surface area contributed by atoms with Crippen LogP contribution < -0.4 is 15.4 Å². The number of imidazole rings is 1. The average Bonchev–Trinajstić information content (AvgIpc) is 3.03. The van der Waals surface area contributed by atoms with Crippen LogP contribution in [0, 0.1) is 0 Å². The number of fused-ring (bicyclic) bond motifs is 2. The first-order valence-corrected chi connectivity index (χ1v) is 8.60. The number of halogens is 4. The summed E-state index contributed by atoms with van der Waals surface area (Å²) in [4.78, 5) is 17.7. The maximum Gasteiger partial charge on any atom is 0.417 e. The van der Waals surface area contributed by atoms with Gasteiger partial charge in [-0.3, -0.25) is 4.79 Å². The monoisotopic (exact) mass is 410 g/mol. The quantitative estimate of drug-likeness (QED) is 0.702. The molecule has 28 heavy (non-hydrogen) atoms. The molecule has 2 N–H and O–H groups in total. The topological polar surface area (TPSA) is 72.9 Å². The highest BCUT2D eigenvalue weighted by atomic mass is 35.5. The summed E-state index contributed by atoms with van der Waals surface area (Å²) in [6, 6.07) is 5.91. The summed E-state index contributed by atoms with van der Waals surface area (Å²) in [5.41, 5.74) is 6.97. The van der Waals surface area contributed by atoms with E-state index in [1.807, 2.05) is 0 Å². The van der Waals surface area contributed by atoms with Crippen LogP contribution in [0.3, 0.4) is 0 Å². The number of rotatable bonds is 2. The van der Waals surface area contributed by atoms with Gasteiger partial charge in [-0.2, -0.15) is 13.2 Å². The molecule has 0 unspecified atom stereocenters. The maximum atomic E-state index is 13.2. The third kappa shape index (κ3) is 2.87.